The van der Waals surface area contributed by atoms with E-state index in [1.54, 1.807) is 0 Å². The van der Waals surface area contributed by atoms with Crippen LogP contribution in [0, 0.1) is 14.9 Å². The lowest BCUT2D eigenvalue weighted by atomic mass is 9.92. The highest BCUT2D eigenvalue weighted by Gasteiger charge is 2.37. The van der Waals surface area contributed by atoms with E-state index in [1.807, 2.05) is 0 Å². The lowest BCUT2D eigenvalue weighted by Crippen LogP contribution is -1.97. The maximum absolute atomic E-state index is 8.95. The van der Waals surface area contributed by atoms with Crippen LogP contribution in [-0.4, -0.2) is 0 Å². The van der Waals surface area contributed by atoms with Gasteiger partial charge in [0, 0.05) is 21.0 Å². The first kappa shape index (κ1) is 8.49. The molecule has 0 unspecified atom stereocenters. The van der Waals surface area contributed by atoms with Crippen molar-refractivity contribution in [3.8, 4) is 6.07 Å². The van der Waals surface area contributed by atoms with Crippen molar-refractivity contribution in [2.75, 3.05) is 0 Å². The smallest absolute Gasteiger partial charge is 0.0950 e. The second kappa shape index (κ2) is 2.83. The van der Waals surface area contributed by atoms with Crippen molar-refractivity contribution in [3.05, 3.63) is 44.5 Å². The van der Waals surface area contributed by atoms with Gasteiger partial charge in [0.1, 0.15) is 0 Å². The van der Waals surface area contributed by atoms with Gasteiger partial charge in [0.05, 0.1) is 6.07 Å². The van der Waals surface area contributed by atoms with Crippen LogP contribution in [0.1, 0.15) is 29.4 Å². The number of nitrogens with zero attached hydrogens (tertiary/aromatic N) is 1. The normalized spacial score (nSPS) is 27.0. The van der Waals surface area contributed by atoms with E-state index in [-0.39, 0.29) is 0 Å². The summed E-state index contributed by atoms with van der Waals surface area (Å²) in [5, 5.41) is 8.95. The van der Waals surface area contributed by atoms with E-state index in [0.29, 0.717) is 11.8 Å². The zero-order chi connectivity index (χ0) is 9.71. The standard InChI is InChI=1S/C12H8IN/c13-9-1-2-10-11-4-7(12(10)5-9)3-8(11)6-14/h1-3,5,7,11H,4H2/t7-,11-/m1/s1. The molecule has 0 heterocycles. The van der Waals surface area contributed by atoms with Crippen molar-refractivity contribution >= 4 is 22.6 Å². The van der Waals surface area contributed by atoms with Gasteiger partial charge in [-0.25, -0.2) is 0 Å². The van der Waals surface area contributed by atoms with Crippen LogP contribution in [0.5, 0.6) is 0 Å². The molecule has 0 radical (unpaired) electrons. The van der Waals surface area contributed by atoms with Crippen molar-refractivity contribution in [2.24, 2.45) is 0 Å². The minimum Gasteiger partial charge on any atom is -0.193 e. The first-order valence-electron chi connectivity index (χ1n) is 4.71. The van der Waals surface area contributed by atoms with Crippen molar-refractivity contribution in [2.45, 2.75) is 18.3 Å². The SMILES string of the molecule is N#CC1=C[C@@H]2C[C@H]1c1ccc(I)cc12. The fourth-order valence-corrected chi connectivity index (χ4v) is 3.11. The van der Waals surface area contributed by atoms with Crippen LogP contribution in [-0.2, 0) is 0 Å². The van der Waals surface area contributed by atoms with E-state index in [1.165, 1.54) is 14.7 Å². The number of nitriles is 1. The van der Waals surface area contributed by atoms with Gasteiger partial charge >= 0.3 is 0 Å². The molecule has 0 saturated carbocycles. The van der Waals surface area contributed by atoms with E-state index in [0.717, 1.165) is 12.0 Å². The topological polar surface area (TPSA) is 23.8 Å². The van der Waals surface area contributed by atoms with Gasteiger partial charge in [0.2, 0.25) is 0 Å². The summed E-state index contributed by atoms with van der Waals surface area (Å²) in [5.41, 5.74) is 3.80. The molecule has 2 aliphatic rings. The van der Waals surface area contributed by atoms with Gasteiger partial charge in [0.25, 0.3) is 0 Å². The monoisotopic (exact) mass is 293 g/mol. The number of benzene rings is 1. The molecule has 2 heteroatoms. The Kier molecular flexibility index (Phi) is 1.72. The third-order valence-corrected chi connectivity index (χ3v) is 3.87. The predicted molar refractivity (Wildman–Crippen MR) is 63.0 cm³/mol. The first-order valence-corrected chi connectivity index (χ1v) is 5.78. The molecule has 0 spiro atoms. The van der Waals surface area contributed by atoms with E-state index >= 15 is 0 Å². The molecule has 0 fully saturated rings. The van der Waals surface area contributed by atoms with Crippen molar-refractivity contribution in [1.29, 1.82) is 5.26 Å². The van der Waals surface area contributed by atoms with Crippen LogP contribution in [0.3, 0.4) is 0 Å². The van der Waals surface area contributed by atoms with Crippen LogP contribution >= 0.6 is 22.6 Å². The number of hydrogen-bond donors (Lipinski definition) is 0. The molecular formula is C12H8IN. The Morgan fingerprint density at radius 2 is 2.21 bits per heavy atom. The Balaban J connectivity index is 2.17. The van der Waals surface area contributed by atoms with E-state index in [2.05, 4.69) is 52.9 Å². The third-order valence-electron chi connectivity index (χ3n) is 3.20. The highest BCUT2D eigenvalue weighted by atomic mass is 127. The van der Waals surface area contributed by atoms with E-state index < -0.39 is 0 Å². The maximum Gasteiger partial charge on any atom is 0.0950 e. The summed E-state index contributed by atoms with van der Waals surface area (Å²) < 4.78 is 1.29. The van der Waals surface area contributed by atoms with Gasteiger partial charge in [-0.15, -0.1) is 0 Å². The Morgan fingerprint density at radius 1 is 1.36 bits per heavy atom. The van der Waals surface area contributed by atoms with Crippen molar-refractivity contribution < 1.29 is 0 Å². The summed E-state index contributed by atoms with van der Waals surface area (Å²) in [5.74, 6) is 0.913. The fraction of sp³-hybridized carbons (Fsp3) is 0.250. The van der Waals surface area contributed by atoms with E-state index in [4.69, 9.17) is 5.26 Å². The zero-order valence-corrected chi connectivity index (χ0v) is 9.65. The predicted octanol–water partition coefficient (Wildman–Crippen LogP) is 3.33. The number of allylic oxidation sites excluding steroid dienone is 2. The largest absolute Gasteiger partial charge is 0.193 e. The minimum atomic E-state index is 0.400. The molecule has 1 nitrogen and oxygen atoms in total. The molecule has 0 amide bonds. The Hall–Kier alpha value is -0.820. The molecule has 2 aliphatic carbocycles. The van der Waals surface area contributed by atoms with Crippen molar-refractivity contribution in [3.63, 3.8) is 0 Å². The van der Waals surface area contributed by atoms with Crippen molar-refractivity contribution in [1.82, 2.24) is 0 Å². The molecule has 68 valence electrons. The maximum atomic E-state index is 8.95. The summed E-state index contributed by atoms with van der Waals surface area (Å²) in [4.78, 5) is 0. The van der Waals surface area contributed by atoms with Crippen LogP contribution in [0.2, 0.25) is 0 Å². The van der Waals surface area contributed by atoms with E-state index in [9.17, 15) is 0 Å². The van der Waals surface area contributed by atoms with Gasteiger partial charge in [-0.1, -0.05) is 12.1 Å². The summed E-state index contributed by atoms with van der Waals surface area (Å²) >= 11 is 2.34. The molecule has 2 atom stereocenters. The van der Waals surface area contributed by atoms with Crippen LogP contribution in [0.4, 0.5) is 0 Å². The molecule has 2 bridgehead atoms. The Bertz CT molecular complexity index is 482. The molecule has 0 saturated heterocycles. The second-order valence-electron chi connectivity index (χ2n) is 3.90. The average molecular weight is 293 g/mol. The van der Waals surface area contributed by atoms with Gasteiger partial charge in [-0.2, -0.15) is 5.26 Å². The fourth-order valence-electron chi connectivity index (χ4n) is 2.59. The molecular weight excluding hydrogens is 285 g/mol. The second-order valence-corrected chi connectivity index (χ2v) is 5.15. The minimum absolute atomic E-state index is 0.400. The van der Waals surface area contributed by atoms with Gasteiger partial charge in [-0.3, -0.25) is 0 Å². The van der Waals surface area contributed by atoms with Gasteiger partial charge in [-0.05, 0) is 52.3 Å². The number of fused-ring (bicyclic) bond motifs is 5. The molecule has 1 aromatic rings. The van der Waals surface area contributed by atoms with Gasteiger partial charge < -0.3 is 0 Å². The van der Waals surface area contributed by atoms with Gasteiger partial charge in [0.15, 0.2) is 0 Å². The Morgan fingerprint density at radius 3 is 3.00 bits per heavy atom. The summed E-state index contributed by atoms with van der Waals surface area (Å²) in [6.45, 7) is 0. The highest BCUT2D eigenvalue weighted by molar-refractivity contribution is 14.1. The average Bonchev–Trinajstić information content (AvgIpc) is 2.74. The lowest BCUT2D eigenvalue weighted by Gasteiger charge is -2.12. The highest BCUT2D eigenvalue weighted by Crippen LogP contribution is 2.52. The Labute approximate surface area is 96.6 Å². The van der Waals surface area contributed by atoms with Crippen LogP contribution < -0.4 is 0 Å². The summed E-state index contributed by atoms with van der Waals surface area (Å²) in [6, 6.07) is 8.89. The molecule has 1 aromatic carbocycles. The molecule has 14 heavy (non-hydrogen) atoms. The molecule has 0 aromatic heterocycles. The molecule has 0 aliphatic heterocycles. The molecule has 3 rings (SSSR count). The lowest BCUT2D eigenvalue weighted by molar-refractivity contribution is 0.794. The summed E-state index contributed by atoms with van der Waals surface area (Å²) in [7, 11) is 0. The zero-order valence-electron chi connectivity index (χ0n) is 7.50. The van der Waals surface area contributed by atoms with Crippen LogP contribution in [0.15, 0.2) is 29.8 Å². The first-order chi connectivity index (χ1) is 6.79. The number of rotatable bonds is 0. The van der Waals surface area contributed by atoms with Crippen LogP contribution in [0.25, 0.3) is 0 Å². The quantitative estimate of drug-likeness (QED) is 0.673. The summed E-state index contributed by atoms with van der Waals surface area (Å²) in [6.07, 6.45) is 3.27. The number of halogens is 1. The molecule has 0 N–H and O–H groups in total. The third kappa shape index (κ3) is 0.992. The number of hydrogen-bond acceptors (Lipinski definition) is 1.